The molecule has 1 saturated heterocycles. The predicted molar refractivity (Wildman–Crippen MR) is 102 cm³/mol. The van der Waals surface area contributed by atoms with E-state index in [9.17, 15) is 14.4 Å². The molecule has 4 rings (SSSR count). The Balaban J connectivity index is 1.47. The van der Waals surface area contributed by atoms with Gasteiger partial charge in [-0.15, -0.1) is 11.3 Å². The molecule has 142 valence electrons. The molecule has 2 aliphatic rings. The number of nitrogens with one attached hydrogen (secondary N) is 1. The van der Waals surface area contributed by atoms with Crippen LogP contribution in [0.5, 0.6) is 0 Å². The minimum atomic E-state index is -0.866. The number of urea groups is 1. The molecule has 2 aromatic rings. The van der Waals surface area contributed by atoms with E-state index in [1.807, 2.05) is 31.2 Å². The number of carbonyl (C=O) groups is 3. The number of nitrogens with zero attached hydrogens (tertiary/aromatic N) is 3. The van der Waals surface area contributed by atoms with E-state index < -0.39 is 11.6 Å². The molecule has 1 aliphatic heterocycles. The molecule has 27 heavy (non-hydrogen) atoms. The van der Waals surface area contributed by atoms with Gasteiger partial charge < -0.3 is 10.2 Å². The maximum Gasteiger partial charge on any atom is 0.325 e. The SMILES string of the molecule is C[C@@H](c1nc2ccccc2s1)N(C)C(=O)CN1C(=O)N[C@@](C)(C2CC2)C1=O. The third-order valence-corrected chi connectivity index (χ3v) is 6.84. The number of rotatable bonds is 5. The highest BCUT2D eigenvalue weighted by atomic mass is 32.1. The molecule has 7 nitrogen and oxygen atoms in total. The van der Waals surface area contributed by atoms with Gasteiger partial charge in [0.15, 0.2) is 0 Å². The maximum atomic E-state index is 12.7. The smallest absolute Gasteiger partial charge is 0.325 e. The summed E-state index contributed by atoms with van der Waals surface area (Å²) >= 11 is 1.54. The average Bonchev–Trinajstić information content (AvgIpc) is 3.38. The van der Waals surface area contributed by atoms with Gasteiger partial charge in [0.25, 0.3) is 5.91 Å². The van der Waals surface area contributed by atoms with Crippen LogP contribution < -0.4 is 5.32 Å². The fraction of sp³-hybridized carbons (Fsp3) is 0.474. The molecular weight excluding hydrogens is 364 g/mol. The number of thiazole rings is 1. The van der Waals surface area contributed by atoms with Crippen LogP contribution in [0.15, 0.2) is 24.3 Å². The summed E-state index contributed by atoms with van der Waals surface area (Å²) in [6.07, 6.45) is 1.86. The number of amides is 4. The fourth-order valence-electron chi connectivity index (χ4n) is 3.49. The molecule has 1 aromatic carbocycles. The molecule has 0 radical (unpaired) electrons. The summed E-state index contributed by atoms with van der Waals surface area (Å²) in [5.41, 5.74) is 0.0358. The monoisotopic (exact) mass is 386 g/mol. The fourth-order valence-corrected chi connectivity index (χ4v) is 4.56. The second-order valence-corrected chi connectivity index (χ2v) is 8.56. The van der Waals surface area contributed by atoms with Crippen molar-refractivity contribution >= 4 is 39.4 Å². The number of carbonyl (C=O) groups excluding carboxylic acids is 3. The minimum absolute atomic E-state index is 0.174. The normalized spacial score (nSPS) is 23.6. The lowest BCUT2D eigenvalue weighted by Gasteiger charge is -2.25. The van der Waals surface area contributed by atoms with Crippen molar-refractivity contribution in [1.82, 2.24) is 20.1 Å². The van der Waals surface area contributed by atoms with Crippen LogP contribution >= 0.6 is 11.3 Å². The van der Waals surface area contributed by atoms with Crippen LogP contribution in [0.25, 0.3) is 10.2 Å². The van der Waals surface area contributed by atoms with E-state index in [1.165, 1.54) is 0 Å². The standard InChI is InChI=1S/C19H22N4O3S/c1-11(16-20-13-6-4-5-7-14(13)27-16)22(3)15(24)10-23-17(25)19(2,12-8-9-12)21-18(23)26/h4-7,11-12H,8-10H2,1-3H3,(H,21,26)/t11-,19-/m0/s1. The predicted octanol–water partition coefficient (Wildman–Crippen LogP) is 2.54. The zero-order valence-corrected chi connectivity index (χ0v) is 16.4. The number of para-hydroxylation sites is 1. The Kier molecular flexibility index (Phi) is 4.18. The number of benzene rings is 1. The zero-order valence-electron chi connectivity index (χ0n) is 15.6. The van der Waals surface area contributed by atoms with Crippen molar-refractivity contribution in [3.05, 3.63) is 29.3 Å². The van der Waals surface area contributed by atoms with E-state index >= 15 is 0 Å². The van der Waals surface area contributed by atoms with E-state index in [4.69, 9.17) is 0 Å². The van der Waals surface area contributed by atoms with Gasteiger partial charge in [-0.2, -0.15) is 0 Å². The van der Waals surface area contributed by atoms with Gasteiger partial charge in [0, 0.05) is 7.05 Å². The van der Waals surface area contributed by atoms with E-state index in [-0.39, 0.29) is 30.3 Å². The van der Waals surface area contributed by atoms with Gasteiger partial charge >= 0.3 is 6.03 Å². The van der Waals surface area contributed by atoms with Gasteiger partial charge in [0.2, 0.25) is 5.91 Å². The van der Waals surface area contributed by atoms with Crippen molar-refractivity contribution in [3.63, 3.8) is 0 Å². The number of likely N-dealkylation sites (N-methyl/N-ethyl adjacent to an activating group) is 1. The number of hydrogen-bond donors (Lipinski definition) is 1. The first kappa shape index (κ1) is 17.9. The summed E-state index contributed by atoms with van der Waals surface area (Å²) in [6.45, 7) is 3.40. The second-order valence-electron chi connectivity index (χ2n) is 7.50. The molecule has 2 fully saturated rings. The number of aromatic nitrogens is 1. The highest BCUT2D eigenvalue weighted by Crippen LogP contribution is 2.42. The van der Waals surface area contributed by atoms with E-state index in [1.54, 1.807) is 30.2 Å². The van der Waals surface area contributed by atoms with Crippen LogP contribution in [-0.2, 0) is 9.59 Å². The topological polar surface area (TPSA) is 82.6 Å². The lowest BCUT2D eigenvalue weighted by Crippen LogP contribution is -2.47. The Morgan fingerprint density at radius 1 is 1.41 bits per heavy atom. The molecule has 0 bridgehead atoms. The van der Waals surface area contributed by atoms with E-state index in [0.29, 0.717) is 0 Å². The third kappa shape index (κ3) is 2.97. The van der Waals surface area contributed by atoms with Crippen molar-refractivity contribution in [2.45, 2.75) is 38.3 Å². The second kappa shape index (κ2) is 6.30. The van der Waals surface area contributed by atoms with Crippen LogP contribution in [0.2, 0.25) is 0 Å². The van der Waals surface area contributed by atoms with Crippen molar-refractivity contribution in [2.75, 3.05) is 13.6 Å². The average molecular weight is 386 g/mol. The van der Waals surface area contributed by atoms with Gasteiger partial charge in [0.1, 0.15) is 17.1 Å². The van der Waals surface area contributed by atoms with Gasteiger partial charge in [-0.1, -0.05) is 12.1 Å². The highest BCUT2D eigenvalue weighted by Gasteiger charge is 2.56. The molecule has 1 N–H and O–H groups in total. The van der Waals surface area contributed by atoms with Gasteiger partial charge in [-0.05, 0) is 44.7 Å². The van der Waals surface area contributed by atoms with Gasteiger partial charge in [0.05, 0.1) is 16.3 Å². The quantitative estimate of drug-likeness (QED) is 0.801. The van der Waals surface area contributed by atoms with Crippen molar-refractivity contribution in [3.8, 4) is 0 Å². The Morgan fingerprint density at radius 3 is 2.78 bits per heavy atom. The first-order valence-corrected chi connectivity index (χ1v) is 9.88. The summed E-state index contributed by atoms with van der Waals surface area (Å²) < 4.78 is 1.06. The summed E-state index contributed by atoms with van der Waals surface area (Å²) in [6, 6.07) is 7.10. The molecule has 8 heteroatoms. The zero-order chi connectivity index (χ0) is 19.3. The van der Waals surface area contributed by atoms with Crippen LogP contribution in [0, 0.1) is 5.92 Å². The molecule has 4 amide bonds. The largest absolute Gasteiger partial charge is 0.335 e. The van der Waals surface area contributed by atoms with Gasteiger partial charge in [-0.25, -0.2) is 9.78 Å². The number of imide groups is 1. The molecule has 2 heterocycles. The van der Waals surface area contributed by atoms with Crippen LogP contribution in [0.4, 0.5) is 4.79 Å². The Labute approximate surface area is 161 Å². The van der Waals surface area contributed by atoms with Crippen LogP contribution in [0.1, 0.15) is 37.7 Å². The van der Waals surface area contributed by atoms with Gasteiger partial charge in [-0.3, -0.25) is 14.5 Å². The van der Waals surface area contributed by atoms with Crippen molar-refractivity contribution in [2.24, 2.45) is 5.92 Å². The van der Waals surface area contributed by atoms with E-state index in [0.717, 1.165) is 33.0 Å². The summed E-state index contributed by atoms with van der Waals surface area (Å²) in [5, 5.41) is 3.60. The Hall–Kier alpha value is -2.48. The highest BCUT2D eigenvalue weighted by molar-refractivity contribution is 7.18. The van der Waals surface area contributed by atoms with E-state index in [2.05, 4.69) is 10.3 Å². The summed E-state index contributed by atoms with van der Waals surface area (Å²) in [7, 11) is 1.68. The summed E-state index contributed by atoms with van der Waals surface area (Å²) in [5.74, 6) is -0.414. The first-order valence-electron chi connectivity index (χ1n) is 9.06. The Bertz CT molecular complexity index is 905. The minimum Gasteiger partial charge on any atom is -0.335 e. The molecule has 2 atom stereocenters. The first-order chi connectivity index (χ1) is 12.8. The number of fused-ring (bicyclic) bond motifs is 1. The van der Waals surface area contributed by atoms with Crippen molar-refractivity contribution < 1.29 is 14.4 Å². The molecular formula is C19H22N4O3S. The maximum absolute atomic E-state index is 12.7. The van der Waals surface area contributed by atoms with Crippen LogP contribution in [0.3, 0.4) is 0 Å². The summed E-state index contributed by atoms with van der Waals surface area (Å²) in [4.78, 5) is 44.9. The molecule has 1 aromatic heterocycles. The number of hydrogen-bond acceptors (Lipinski definition) is 5. The lowest BCUT2D eigenvalue weighted by molar-refractivity contribution is -0.139. The third-order valence-electron chi connectivity index (χ3n) is 5.63. The molecule has 1 aliphatic carbocycles. The molecule has 0 unspecified atom stereocenters. The molecule has 0 spiro atoms. The molecule has 1 saturated carbocycles. The van der Waals surface area contributed by atoms with Crippen LogP contribution in [-0.4, -0.2) is 51.8 Å². The lowest BCUT2D eigenvalue weighted by atomic mass is 9.96. The van der Waals surface area contributed by atoms with Crippen molar-refractivity contribution in [1.29, 1.82) is 0 Å². The Morgan fingerprint density at radius 2 is 2.11 bits per heavy atom.